The maximum absolute atomic E-state index is 13.2. The number of unbranched alkanes of at least 4 members (excludes halogenated alkanes) is 18. The van der Waals surface area contributed by atoms with E-state index in [2.05, 4.69) is 13.8 Å². The fraction of sp³-hybridized carbons (Fsp3) is 0.897. The molecule has 0 saturated carbocycles. The molecule has 0 heterocycles. The second-order valence-electron chi connectivity index (χ2n) is 14.5. The zero-order chi connectivity index (χ0) is 35.4. The smallest absolute Gasteiger partial charge is 0.309 e. The monoisotopic (exact) mass is 669 g/mol. The van der Waals surface area contributed by atoms with Crippen LogP contribution in [0.25, 0.3) is 0 Å². The van der Waals surface area contributed by atoms with Gasteiger partial charge in [0, 0.05) is 12.8 Å². The number of carbonyl (C=O) groups is 4. The minimum absolute atomic E-state index is 0.212. The van der Waals surface area contributed by atoms with E-state index in [4.69, 9.17) is 10.2 Å². The Kier molecular flexibility index (Phi) is 26.5. The van der Waals surface area contributed by atoms with Crippen LogP contribution in [0.5, 0.6) is 0 Å². The zero-order valence-corrected chi connectivity index (χ0v) is 30.5. The van der Waals surface area contributed by atoms with Crippen LogP contribution in [-0.2, 0) is 19.2 Å². The summed E-state index contributed by atoms with van der Waals surface area (Å²) in [5.74, 6) is -3.31. The van der Waals surface area contributed by atoms with Gasteiger partial charge in [-0.1, -0.05) is 149 Å². The maximum Gasteiger partial charge on any atom is 0.309 e. The van der Waals surface area contributed by atoms with Crippen LogP contribution in [0.3, 0.4) is 0 Å². The van der Waals surface area contributed by atoms with Gasteiger partial charge in [0.1, 0.15) is 0 Å². The van der Waals surface area contributed by atoms with E-state index in [1.807, 2.05) is 6.92 Å². The Bertz CT molecular complexity index is 843. The Morgan fingerprint density at radius 1 is 0.447 bits per heavy atom. The Balaban J connectivity index is 5.60. The fourth-order valence-electron chi connectivity index (χ4n) is 7.44. The molecule has 4 N–H and O–H groups in total. The highest BCUT2D eigenvalue weighted by Gasteiger charge is 2.48. The van der Waals surface area contributed by atoms with Crippen molar-refractivity contribution in [3.63, 3.8) is 0 Å². The number of rotatable bonds is 35. The van der Waals surface area contributed by atoms with Gasteiger partial charge >= 0.3 is 23.9 Å². The first-order valence-electron chi connectivity index (χ1n) is 19.4. The van der Waals surface area contributed by atoms with Crippen LogP contribution in [-0.4, -0.2) is 44.3 Å². The SMILES string of the molecule is CCCCCCC(CCCCCCCCCC(=O)O)(CC(C)C(CCCCCC)(CCCCCCCCCC(=O)O)C(=O)O)C(=O)O. The van der Waals surface area contributed by atoms with Crippen molar-refractivity contribution in [1.82, 2.24) is 0 Å². The quantitative estimate of drug-likeness (QED) is 0.0487. The van der Waals surface area contributed by atoms with Crippen molar-refractivity contribution in [2.75, 3.05) is 0 Å². The highest BCUT2D eigenvalue weighted by Crippen LogP contribution is 2.48. The summed E-state index contributed by atoms with van der Waals surface area (Å²) in [5.41, 5.74) is -1.86. The van der Waals surface area contributed by atoms with Gasteiger partial charge in [0.2, 0.25) is 0 Å². The number of carboxylic acid groups (broad SMARTS) is 4. The summed E-state index contributed by atoms with van der Waals surface area (Å²) in [6.45, 7) is 6.30. The molecular formula is C39H72O8. The van der Waals surface area contributed by atoms with Gasteiger partial charge in [0.25, 0.3) is 0 Å². The van der Waals surface area contributed by atoms with Crippen LogP contribution in [0.1, 0.15) is 207 Å². The van der Waals surface area contributed by atoms with Crippen molar-refractivity contribution in [1.29, 1.82) is 0 Å². The van der Waals surface area contributed by atoms with Gasteiger partial charge in [0.15, 0.2) is 0 Å². The minimum atomic E-state index is -0.935. The fourth-order valence-corrected chi connectivity index (χ4v) is 7.44. The summed E-state index contributed by atoms with van der Waals surface area (Å²) in [7, 11) is 0. The predicted octanol–water partition coefficient (Wildman–Crippen LogP) is 11.3. The molecule has 0 aliphatic heterocycles. The van der Waals surface area contributed by atoms with Crippen molar-refractivity contribution in [3.05, 3.63) is 0 Å². The molecule has 0 aromatic rings. The van der Waals surface area contributed by atoms with Crippen molar-refractivity contribution < 1.29 is 39.6 Å². The van der Waals surface area contributed by atoms with Crippen molar-refractivity contribution >= 4 is 23.9 Å². The molecule has 0 aromatic heterocycles. The first kappa shape index (κ1) is 44.9. The van der Waals surface area contributed by atoms with E-state index in [0.717, 1.165) is 128 Å². The molecule has 276 valence electrons. The van der Waals surface area contributed by atoms with Crippen LogP contribution in [0, 0.1) is 16.7 Å². The highest BCUT2D eigenvalue weighted by atomic mass is 16.4. The van der Waals surface area contributed by atoms with Crippen molar-refractivity contribution in [2.24, 2.45) is 16.7 Å². The third-order valence-corrected chi connectivity index (χ3v) is 10.6. The van der Waals surface area contributed by atoms with E-state index in [9.17, 15) is 29.4 Å². The van der Waals surface area contributed by atoms with Gasteiger partial charge in [-0.05, 0) is 50.9 Å². The van der Waals surface area contributed by atoms with Crippen molar-refractivity contribution in [3.8, 4) is 0 Å². The van der Waals surface area contributed by atoms with E-state index in [0.29, 0.717) is 44.9 Å². The normalized spacial score (nSPS) is 14.7. The summed E-state index contributed by atoms with van der Waals surface area (Å²) in [4.78, 5) is 47.8. The average Bonchev–Trinajstić information content (AvgIpc) is 3.01. The van der Waals surface area contributed by atoms with Gasteiger partial charge in [-0.3, -0.25) is 19.2 Å². The lowest BCUT2D eigenvalue weighted by atomic mass is 9.62. The van der Waals surface area contributed by atoms with Crippen LogP contribution in [0.15, 0.2) is 0 Å². The van der Waals surface area contributed by atoms with Crippen LogP contribution in [0.2, 0.25) is 0 Å². The molecular weight excluding hydrogens is 596 g/mol. The molecule has 0 aromatic carbocycles. The zero-order valence-electron chi connectivity index (χ0n) is 30.5. The molecule has 3 unspecified atom stereocenters. The molecule has 8 nitrogen and oxygen atoms in total. The average molecular weight is 669 g/mol. The highest BCUT2D eigenvalue weighted by molar-refractivity contribution is 5.77. The minimum Gasteiger partial charge on any atom is -0.481 e. The van der Waals surface area contributed by atoms with Gasteiger partial charge in [0.05, 0.1) is 10.8 Å². The molecule has 0 aliphatic rings. The lowest BCUT2D eigenvalue weighted by Gasteiger charge is -2.41. The molecule has 0 fully saturated rings. The third-order valence-electron chi connectivity index (χ3n) is 10.6. The number of carboxylic acids is 4. The molecule has 0 aliphatic carbocycles. The van der Waals surface area contributed by atoms with Gasteiger partial charge in [-0.2, -0.15) is 0 Å². The van der Waals surface area contributed by atoms with Crippen LogP contribution in [0.4, 0.5) is 0 Å². The second-order valence-corrected chi connectivity index (χ2v) is 14.5. The van der Waals surface area contributed by atoms with Crippen LogP contribution < -0.4 is 0 Å². The Morgan fingerprint density at radius 3 is 1.09 bits per heavy atom. The summed E-state index contributed by atoms with van der Waals surface area (Å²) < 4.78 is 0. The summed E-state index contributed by atoms with van der Waals surface area (Å²) >= 11 is 0. The van der Waals surface area contributed by atoms with Gasteiger partial charge in [-0.25, -0.2) is 0 Å². The van der Waals surface area contributed by atoms with Gasteiger partial charge < -0.3 is 20.4 Å². The molecule has 0 amide bonds. The second kappa shape index (κ2) is 27.8. The van der Waals surface area contributed by atoms with E-state index in [1.165, 1.54) is 0 Å². The maximum atomic E-state index is 13.2. The lowest BCUT2D eigenvalue weighted by molar-refractivity contribution is -0.160. The Labute approximate surface area is 286 Å². The molecule has 3 atom stereocenters. The molecule has 8 heteroatoms. The lowest BCUT2D eigenvalue weighted by Crippen LogP contribution is -2.43. The molecule has 0 radical (unpaired) electrons. The predicted molar refractivity (Wildman–Crippen MR) is 190 cm³/mol. The van der Waals surface area contributed by atoms with Crippen molar-refractivity contribution in [2.45, 2.75) is 207 Å². The molecule has 0 bridgehead atoms. The largest absolute Gasteiger partial charge is 0.481 e. The van der Waals surface area contributed by atoms with Gasteiger partial charge in [-0.15, -0.1) is 0 Å². The van der Waals surface area contributed by atoms with E-state index in [-0.39, 0.29) is 18.8 Å². The van der Waals surface area contributed by atoms with Crippen LogP contribution >= 0.6 is 0 Å². The number of hydrogen-bond acceptors (Lipinski definition) is 4. The summed E-state index contributed by atoms with van der Waals surface area (Å²) in [6.07, 6.45) is 23.9. The standard InChI is InChI=1S/C39H72O8/c1-4-6-8-22-28-38(36(44)45,29-23-18-14-10-12-16-20-26-34(40)41)32-33(3)39(37(46)47,30-24-9-7-5-2)31-25-19-15-11-13-17-21-27-35(42)43/h33H,4-32H2,1-3H3,(H,40,41)(H,42,43)(H,44,45)(H,46,47). The topological polar surface area (TPSA) is 149 Å². The summed E-state index contributed by atoms with van der Waals surface area (Å²) in [6, 6.07) is 0. The molecule has 47 heavy (non-hydrogen) atoms. The molecule has 0 saturated heterocycles. The number of aliphatic carboxylic acids is 4. The van der Waals surface area contributed by atoms with E-state index in [1.54, 1.807) is 0 Å². The summed E-state index contributed by atoms with van der Waals surface area (Å²) in [5, 5.41) is 39.2. The first-order chi connectivity index (χ1) is 22.5. The van der Waals surface area contributed by atoms with E-state index < -0.39 is 34.7 Å². The van der Waals surface area contributed by atoms with E-state index >= 15 is 0 Å². The first-order valence-corrected chi connectivity index (χ1v) is 19.4. The Hall–Kier alpha value is -2.12. The number of hydrogen-bond donors (Lipinski definition) is 4. The Morgan fingerprint density at radius 2 is 0.766 bits per heavy atom. The molecule has 0 rings (SSSR count). The third kappa shape index (κ3) is 20.8. The molecule has 0 spiro atoms.